The van der Waals surface area contributed by atoms with Crippen molar-refractivity contribution < 1.29 is 0 Å². The van der Waals surface area contributed by atoms with Gasteiger partial charge in [-0.2, -0.15) is 0 Å². The second-order valence-corrected chi connectivity index (χ2v) is 2.00. The van der Waals surface area contributed by atoms with E-state index in [1.54, 1.807) is 12.3 Å². The first-order valence-electron chi connectivity index (χ1n) is 3.28. The van der Waals surface area contributed by atoms with Crippen molar-refractivity contribution in [3.05, 3.63) is 18.3 Å². The molecule has 1 rings (SSSR count). The molecule has 0 bridgehead atoms. The summed E-state index contributed by atoms with van der Waals surface area (Å²) >= 11 is 0. The van der Waals surface area contributed by atoms with Crippen molar-refractivity contribution in [1.82, 2.24) is 4.98 Å². The molecule has 1 aromatic rings. The molecular formula is C7H11N3. The Balaban J connectivity index is 2.69. The van der Waals surface area contributed by atoms with Gasteiger partial charge < -0.3 is 11.1 Å². The van der Waals surface area contributed by atoms with E-state index in [1.165, 1.54) is 0 Å². The molecule has 0 aliphatic rings. The van der Waals surface area contributed by atoms with Gasteiger partial charge in [-0.25, -0.2) is 4.98 Å². The molecule has 0 aliphatic heterocycles. The SMILES string of the molecule is CCNc1ccc(N)nc1. The second kappa shape index (κ2) is 3.06. The lowest BCUT2D eigenvalue weighted by molar-refractivity contribution is 1.19. The third-order valence-corrected chi connectivity index (χ3v) is 1.17. The van der Waals surface area contributed by atoms with Gasteiger partial charge in [0.05, 0.1) is 11.9 Å². The topological polar surface area (TPSA) is 50.9 Å². The fraction of sp³-hybridized carbons (Fsp3) is 0.286. The highest BCUT2D eigenvalue weighted by atomic mass is 14.9. The quantitative estimate of drug-likeness (QED) is 0.641. The zero-order valence-electron chi connectivity index (χ0n) is 5.96. The van der Waals surface area contributed by atoms with Gasteiger partial charge >= 0.3 is 0 Å². The number of pyridine rings is 1. The highest BCUT2D eigenvalue weighted by Gasteiger charge is 1.87. The maximum Gasteiger partial charge on any atom is 0.123 e. The van der Waals surface area contributed by atoms with Crippen molar-refractivity contribution in [2.45, 2.75) is 6.92 Å². The van der Waals surface area contributed by atoms with E-state index in [4.69, 9.17) is 5.73 Å². The van der Waals surface area contributed by atoms with E-state index in [0.29, 0.717) is 5.82 Å². The van der Waals surface area contributed by atoms with Gasteiger partial charge in [-0.1, -0.05) is 0 Å². The Morgan fingerprint density at radius 2 is 2.40 bits per heavy atom. The van der Waals surface area contributed by atoms with Gasteiger partial charge in [-0.3, -0.25) is 0 Å². The summed E-state index contributed by atoms with van der Waals surface area (Å²) in [5.41, 5.74) is 6.39. The van der Waals surface area contributed by atoms with Gasteiger partial charge in [0.25, 0.3) is 0 Å². The van der Waals surface area contributed by atoms with Crippen LogP contribution >= 0.6 is 0 Å². The summed E-state index contributed by atoms with van der Waals surface area (Å²) < 4.78 is 0. The maximum atomic E-state index is 5.38. The lowest BCUT2D eigenvalue weighted by Gasteiger charge is -2.00. The van der Waals surface area contributed by atoms with Crippen molar-refractivity contribution in [1.29, 1.82) is 0 Å². The number of nitrogens with one attached hydrogen (secondary N) is 1. The molecule has 0 saturated heterocycles. The van der Waals surface area contributed by atoms with Crippen LogP contribution in [0.15, 0.2) is 18.3 Å². The van der Waals surface area contributed by atoms with Crippen molar-refractivity contribution in [2.24, 2.45) is 0 Å². The average molecular weight is 137 g/mol. The van der Waals surface area contributed by atoms with Gasteiger partial charge in [0.15, 0.2) is 0 Å². The summed E-state index contributed by atoms with van der Waals surface area (Å²) in [5.74, 6) is 0.557. The lowest BCUT2D eigenvalue weighted by Crippen LogP contribution is -1.97. The zero-order valence-corrected chi connectivity index (χ0v) is 5.96. The van der Waals surface area contributed by atoms with Crippen LogP contribution in [0.3, 0.4) is 0 Å². The normalized spacial score (nSPS) is 9.30. The van der Waals surface area contributed by atoms with Crippen LogP contribution in [0, 0.1) is 0 Å². The molecule has 0 unspecified atom stereocenters. The minimum atomic E-state index is 0.557. The molecule has 0 spiro atoms. The van der Waals surface area contributed by atoms with E-state index in [-0.39, 0.29) is 0 Å². The second-order valence-electron chi connectivity index (χ2n) is 2.00. The third-order valence-electron chi connectivity index (χ3n) is 1.17. The van der Waals surface area contributed by atoms with Gasteiger partial charge in [0.2, 0.25) is 0 Å². The van der Waals surface area contributed by atoms with E-state index in [1.807, 2.05) is 13.0 Å². The van der Waals surface area contributed by atoms with Crippen LogP contribution in [0.4, 0.5) is 11.5 Å². The number of hydrogen-bond acceptors (Lipinski definition) is 3. The van der Waals surface area contributed by atoms with Crippen molar-refractivity contribution in [3.63, 3.8) is 0 Å². The number of rotatable bonds is 2. The molecule has 3 N–H and O–H groups in total. The van der Waals surface area contributed by atoms with Crippen LogP contribution < -0.4 is 11.1 Å². The van der Waals surface area contributed by atoms with Crippen LogP contribution in [0.2, 0.25) is 0 Å². The van der Waals surface area contributed by atoms with Gasteiger partial charge in [0.1, 0.15) is 5.82 Å². The predicted octanol–water partition coefficient (Wildman–Crippen LogP) is 1.10. The average Bonchev–Trinajstić information content (AvgIpc) is 1.95. The number of nitrogens with zero attached hydrogens (tertiary/aromatic N) is 1. The molecule has 10 heavy (non-hydrogen) atoms. The van der Waals surface area contributed by atoms with Crippen LogP contribution in [-0.4, -0.2) is 11.5 Å². The number of nitrogens with two attached hydrogens (primary N) is 1. The largest absolute Gasteiger partial charge is 0.384 e. The smallest absolute Gasteiger partial charge is 0.123 e. The Bertz CT molecular complexity index is 193. The highest BCUT2D eigenvalue weighted by Crippen LogP contribution is 2.05. The number of aromatic nitrogens is 1. The standard InChI is InChI=1S/C7H11N3/c1-2-9-6-3-4-7(8)10-5-6/h3-5,9H,2H2,1H3,(H2,8,10). The summed E-state index contributed by atoms with van der Waals surface area (Å²) in [6.45, 7) is 2.95. The summed E-state index contributed by atoms with van der Waals surface area (Å²) in [6, 6.07) is 3.68. The minimum absolute atomic E-state index is 0.557. The monoisotopic (exact) mass is 137 g/mol. The highest BCUT2D eigenvalue weighted by molar-refractivity contribution is 5.44. The Labute approximate surface area is 60.3 Å². The Kier molecular flexibility index (Phi) is 2.10. The number of nitrogen functional groups attached to an aromatic ring is 1. The predicted molar refractivity (Wildman–Crippen MR) is 42.8 cm³/mol. The Morgan fingerprint density at radius 3 is 2.90 bits per heavy atom. The van der Waals surface area contributed by atoms with Crippen LogP contribution in [0.1, 0.15) is 6.92 Å². The van der Waals surface area contributed by atoms with E-state index in [9.17, 15) is 0 Å². The van der Waals surface area contributed by atoms with Gasteiger partial charge in [-0.05, 0) is 19.1 Å². The first-order chi connectivity index (χ1) is 4.83. The first-order valence-corrected chi connectivity index (χ1v) is 3.28. The molecule has 1 aromatic heterocycles. The van der Waals surface area contributed by atoms with Gasteiger partial charge in [0, 0.05) is 6.54 Å². The summed E-state index contributed by atoms with van der Waals surface area (Å²) in [4.78, 5) is 3.91. The summed E-state index contributed by atoms with van der Waals surface area (Å²) in [5, 5.41) is 3.12. The number of anilines is 2. The minimum Gasteiger partial charge on any atom is -0.384 e. The van der Waals surface area contributed by atoms with E-state index in [2.05, 4.69) is 10.3 Å². The molecule has 0 aromatic carbocycles. The Hall–Kier alpha value is -1.25. The fourth-order valence-corrected chi connectivity index (χ4v) is 0.714. The van der Waals surface area contributed by atoms with E-state index >= 15 is 0 Å². The first kappa shape index (κ1) is 6.86. The van der Waals surface area contributed by atoms with E-state index in [0.717, 1.165) is 12.2 Å². The van der Waals surface area contributed by atoms with Crippen LogP contribution in [0.25, 0.3) is 0 Å². The molecule has 0 fully saturated rings. The zero-order chi connectivity index (χ0) is 7.40. The third kappa shape index (κ3) is 1.62. The van der Waals surface area contributed by atoms with Crippen molar-refractivity contribution >= 4 is 11.5 Å². The van der Waals surface area contributed by atoms with Crippen LogP contribution in [0.5, 0.6) is 0 Å². The molecule has 0 aliphatic carbocycles. The van der Waals surface area contributed by atoms with Crippen molar-refractivity contribution in [3.8, 4) is 0 Å². The maximum absolute atomic E-state index is 5.38. The molecule has 0 atom stereocenters. The molecule has 1 heterocycles. The molecule has 54 valence electrons. The van der Waals surface area contributed by atoms with E-state index < -0.39 is 0 Å². The molecule has 0 radical (unpaired) electrons. The fourth-order valence-electron chi connectivity index (χ4n) is 0.714. The summed E-state index contributed by atoms with van der Waals surface area (Å²) in [6.07, 6.45) is 1.72. The lowest BCUT2D eigenvalue weighted by atomic mass is 10.4. The molecule has 0 amide bonds. The van der Waals surface area contributed by atoms with Crippen LogP contribution in [-0.2, 0) is 0 Å². The summed E-state index contributed by atoms with van der Waals surface area (Å²) in [7, 11) is 0. The molecule has 0 saturated carbocycles. The molecular weight excluding hydrogens is 126 g/mol. The Morgan fingerprint density at radius 1 is 1.60 bits per heavy atom. The van der Waals surface area contributed by atoms with Gasteiger partial charge in [-0.15, -0.1) is 0 Å². The molecule has 3 heteroatoms. The number of hydrogen-bond donors (Lipinski definition) is 2. The molecule has 3 nitrogen and oxygen atoms in total. The van der Waals surface area contributed by atoms with Crippen molar-refractivity contribution in [2.75, 3.05) is 17.6 Å².